The molecular weight excluding hydrogens is 112 g/mol. The normalized spacial score (nSPS) is 10.1. The highest BCUT2D eigenvalue weighted by molar-refractivity contribution is 5.07. The fourth-order valence-corrected chi connectivity index (χ4v) is 0.431. The van der Waals surface area contributed by atoms with Crippen molar-refractivity contribution in [1.82, 2.24) is 0 Å². The highest BCUT2D eigenvalue weighted by atomic mass is 16.2. The zero-order valence-corrected chi connectivity index (χ0v) is 6.09. The van der Waals surface area contributed by atoms with Gasteiger partial charge >= 0.3 is 0 Å². The van der Waals surface area contributed by atoms with Gasteiger partial charge in [0, 0.05) is 6.61 Å². The summed E-state index contributed by atoms with van der Waals surface area (Å²) in [5, 5.41) is 8.36. The van der Waals surface area contributed by atoms with Gasteiger partial charge in [0.05, 0.1) is 0 Å². The Bertz CT molecular complexity index is 108. The van der Waals surface area contributed by atoms with Crippen LogP contribution in [0, 0.1) is 0 Å². The molecule has 1 N–H and O–H groups in total. The third-order valence-electron chi connectivity index (χ3n) is 0.861. The second-order valence-electron chi connectivity index (χ2n) is 2.18. The van der Waals surface area contributed by atoms with Crippen LogP contribution in [-0.4, -0.2) is 11.7 Å². The van der Waals surface area contributed by atoms with Gasteiger partial charge in [-0.05, 0) is 20.3 Å². The first-order valence-electron chi connectivity index (χ1n) is 3.18. The molecule has 0 bridgehead atoms. The van der Waals surface area contributed by atoms with Crippen LogP contribution in [0.3, 0.4) is 0 Å². The van der Waals surface area contributed by atoms with E-state index in [-0.39, 0.29) is 6.61 Å². The number of hydrogen-bond donors (Lipinski definition) is 1. The van der Waals surface area contributed by atoms with Gasteiger partial charge in [-0.25, -0.2) is 0 Å². The van der Waals surface area contributed by atoms with Gasteiger partial charge < -0.3 is 5.11 Å². The van der Waals surface area contributed by atoms with Gasteiger partial charge in [-0.15, -0.1) is 0 Å². The van der Waals surface area contributed by atoms with Gasteiger partial charge in [0.25, 0.3) is 0 Å². The summed E-state index contributed by atoms with van der Waals surface area (Å²) in [6.45, 7) is 4.33. The average Bonchev–Trinajstić information content (AvgIpc) is 1.80. The van der Waals surface area contributed by atoms with Crippen molar-refractivity contribution in [3.8, 4) is 0 Å². The van der Waals surface area contributed by atoms with Crippen molar-refractivity contribution in [2.75, 3.05) is 6.61 Å². The molecule has 0 radical (unpaired) electrons. The smallest absolute Gasteiger partial charge is 0.0465 e. The topological polar surface area (TPSA) is 20.2 Å². The second-order valence-corrected chi connectivity index (χ2v) is 2.18. The third-order valence-corrected chi connectivity index (χ3v) is 0.861. The lowest BCUT2D eigenvalue weighted by atomic mass is 10.3. The lowest BCUT2D eigenvalue weighted by molar-refractivity contribution is 0.302. The highest BCUT2D eigenvalue weighted by Crippen LogP contribution is 1.89. The second kappa shape index (κ2) is 5.57. The van der Waals surface area contributed by atoms with Crippen molar-refractivity contribution in [2.24, 2.45) is 0 Å². The minimum Gasteiger partial charge on any atom is -0.396 e. The monoisotopic (exact) mass is 126 g/mol. The number of rotatable bonds is 3. The van der Waals surface area contributed by atoms with Crippen LogP contribution >= 0.6 is 0 Å². The maximum atomic E-state index is 8.36. The standard InChI is InChI=1S/C8H14O/c1-8(2)6-4-3-5-7-9/h3-4,6,9H,5,7H2,1-2H3/b4-3+. The molecule has 0 aromatic rings. The Balaban J connectivity index is 3.35. The van der Waals surface area contributed by atoms with E-state index in [4.69, 9.17) is 5.11 Å². The van der Waals surface area contributed by atoms with Crippen LogP contribution in [0.1, 0.15) is 20.3 Å². The molecule has 0 atom stereocenters. The zero-order valence-electron chi connectivity index (χ0n) is 6.09. The van der Waals surface area contributed by atoms with Crippen LogP contribution in [0.15, 0.2) is 23.8 Å². The number of allylic oxidation sites excluding steroid dienone is 3. The van der Waals surface area contributed by atoms with Gasteiger partial charge in [0.1, 0.15) is 0 Å². The summed E-state index contributed by atoms with van der Waals surface area (Å²) in [5.41, 5.74) is 1.28. The van der Waals surface area contributed by atoms with Crippen LogP contribution in [0.25, 0.3) is 0 Å². The molecule has 9 heavy (non-hydrogen) atoms. The van der Waals surface area contributed by atoms with Gasteiger partial charge in [0.2, 0.25) is 0 Å². The van der Waals surface area contributed by atoms with Crippen molar-refractivity contribution in [3.63, 3.8) is 0 Å². The lowest BCUT2D eigenvalue weighted by Crippen LogP contribution is -1.74. The first kappa shape index (κ1) is 8.44. The van der Waals surface area contributed by atoms with Crippen LogP contribution in [-0.2, 0) is 0 Å². The van der Waals surface area contributed by atoms with Gasteiger partial charge in [-0.2, -0.15) is 0 Å². The summed E-state index contributed by atoms with van der Waals surface area (Å²) in [5.74, 6) is 0. The van der Waals surface area contributed by atoms with Gasteiger partial charge in [0.15, 0.2) is 0 Å². The molecule has 0 saturated heterocycles. The van der Waals surface area contributed by atoms with E-state index in [1.54, 1.807) is 0 Å². The number of aliphatic hydroxyl groups excluding tert-OH is 1. The third kappa shape index (κ3) is 7.44. The molecule has 0 aliphatic carbocycles. The Hall–Kier alpha value is -0.560. The molecule has 1 heteroatoms. The molecule has 0 aliphatic rings. The van der Waals surface area contributed by atoms with E-state index in [0.29, 0.717) is 0 Å². The molecule has 0 aliphatic heterocycles. The van der Waals surface area contributed by atoms with E-state index in [2.05, 4.69) is 0 Å². The molecule has 0 aromatic carbocycles. The zero-order chi connectivity index (χ0) is 7.11. The number of aliphatic hydroxyl groups is 1. The van der Waals surface area contributed by atoms with Crippen molar-refractivity contribution in [1.29, 1.82) is 0 Å². The minimum atomic E-state index is 0.243. The predicted molar refractivity (Wildman–Crippen MR) is 40.3 cm³/mol. The first-order valence-corrected chi connectivity index (χ1v) is 3.18. The summed E-state index contributed by atoms with van der Waals surface area (Å²) >= 11 is 0. The molecule has 0 spiro atoms. The maximum absolute atomic E-state index is 8.36. The van der Waals surface area contributed by atoms with E-state index in [1.165, 1.54) is 5.57 Å². The SMILES string of the molecule is CC(C)=C/C=C/CCO. The Morgan fingerprint density at radius 2 is 2.11 bits per heavy atom. The maximum Gasteiger partial charge on any atom is 0.0465 e. The summed E-state index contributed by atoms with van der Waals surface area (Å²) in [6, 6.07) is 0. The summed E-state index contributed by atoms with van der Waals surface area (Å²) in [7, 11) is 0. The summed E-state index contributed by atoms with van der Waals surface area (Å²) in [4.78, 5) is 0. The van der Waals surface area contributed by atoms with Crippen LogP contribution in [0.4, 0.5) is 0 Å². The Morgan fingerprint density at radius 1 is 1.44 bits per heavy atom. The molecule has 0 rings (SSSR count). The largest absolute Gasteiger partial charge is 0.396 e. The van der Waals surface area contributed by atoms with Crippen molar-refractivity contribution in [3.05, 3.63) is 23.8 Å². The molecule has 0 amide bonds. The molecule has 1 nitrogen and oxygen atoms in total. The fraction of sp³-hybridized carbons (Fsp3) is 0.500. The van der Waals surface area contributed by atoms with E-state index in [1.807, 2.05) is 32.1 Å². The van der Waals surface area contributed by atoms with Crippen molar-refractivity contribution >= 4 is 0 Å². The fourth-order valence-electron chi connectivity index (χ4n) is 0.431. The van der Waals surface area contributed by atoms with Gasteiger partial charge in [-0.1, -0.05) is 23.8 Å². The Kier molecular flexibility index (Phi) is 5.23. The average molecular weight is 126 g/mol. The first-order chi connectivity index (χ1) is 4.27. The highest BCUT2D eigenvalue weighted by Gasteiger charge is 1.71. The lowest BCUT2D eigenvalue weighted by Gasteiger charge is -1.82. The van der Waals surface area contributed by atoms with Crippen LogP contribution in [0.5, 0.6) is 0 Å². The Labute approximate surface area is 56.7 Å². The van der Waals surface area contributed by atoms with E-state index in [9.17, 15) is 0 Å². The van der Waals surface area contributed by atoms with Gasteiger partial charge in [-0.3, -0.25) is 0 Å². The van der Waals surface area contributed by atoms with Crippen molar-refractivity contribution in [2.45, 2.75) is 20.3 Å². The van der Waals surface area contributed by atoms with E-state index < -0.39 is 0 Å². The number of hydrogen-bond acceptors (Lipinski definition) is 1. The van der Waals surface area contributed by atoms with E-state index >= 15 is 0 Å². The van der Waals surface area contributed by atoms with Crippen molar-refractivity contribution < 1.29 is 5.11 Å². The molecule has 52 valence electrons. The predicted octanol–water partition coefficient (Wildman–Crippen LogP) is 1.89. The summed E-state index contributed by atoms with van der Waals surface area (Å²) in [6.07, 6.45) is 6.69. The minimum absolute atomic E-state index is 0.243. The molecule has 0 aromatic heterocycles. The molecule has 0 unspecified atom stereocenters. The molecule has 0 fully saturated rings. The van der Waals surface area contributed by atoms with Crippen LogP contribution < -0.4 is 0 Å². The van der Waals surface area contributed by atoms with E-state index in [0.717, 1.165) is 6.42 Å². The quantitative estimate of drug-likeness (QED) is 0.572. The molecule has 0 saturated carbocycles. The summed E-state index contributed by atoms with van der Waals surface area (Å²) < 4.78 is 0. The Morgan fingerprint density at radius 3 is 2.56 bits per heavy atom. The molecular formula is C8H14O. The van der Waals surface area contributed by atoms with Crippen LogP contribution in [0.2, 0.25) is 0 Å². The molecule has 0 heterocycles.